The first-order chi connectivity index (χ1) is 12.6. The van der Waals surface area contributed by atoms with Gasteiger partial charge in [-0.1, -0.05) is 47.6 Å². The molecule has 26 heavy (non-hydrogen) atoms. The Morgan fingerprint density at radius 2 is 1.88 bits per heavy atom. The predicted octanol–water partition coefficient (Wildman–Crippen LogP) is 2.89. The van der Waals surface area contributed by atoms with E-state index in [0.717, 1.165) is 23.4 Å². The molecule has 6 nitrogen and oxygen atoms in total. The quantitative estimate of drug-likeness (QED) is 0.709. The summed E-state index contributed by atoms with van der Waals surface area (Å²) in [5.74, 6) is 1.03. The van der Waals surface area contributed by atoms with Gasteiger partial charge in [0, 0.05) is 17.8 Å². The second-order valence-electron chi connectivity index (χ2n) is 6.73. The third-order valence-corrected chi connectivity index (χ3v) is 4.40. The van der Waals surface area contributed by atoms with E-state index < -0.39 is 0 Å². The molecule has 6 heteroatoms. The number of para-hydroxylation sites is 1. The second-order valence-corrected chi connectivity index (χ2v) is 6.73. The van der Waals surface area contributed by atoms with Gasteiger partial charge in [-0.25, -0.2) is 0 Å². The van der Waals surface area contributed by atoms with E-state index in [-0.39, 0.29) is 5.91 Å². The van der Waals surface area contributed by atoms with Gasteiger partial charge < -0.3 is 14.3 Å². The number of carbonyl (C=O) groups excluding carboxylic acids is 1. The van der Waals surface area contributed by atoms with Crippen molar-refractivity contribution in [1.82, 2.24) is 15.0 Å². The summed E-state index contributed by atoms with van der Waals surface area (Å²) in [6.07, 6.45) is 0.421. The largest absolute Gasteiger partial charge is 0.337 e. The van der Waals surface area contributed by atoms with E-state index in [0.29, 0.717) is 24.7 Å². The Labute approximate surface area is 152 Å². The molecule has 1 aliphatic rings. The van der Waals surface area contributed by atoms with Gasteiger partial charge in [-0.05, 0) is 31.3 Å². The highest BCUT2D eigenvalue weighted by molar-refractivity contribution is 6.01. The smallest absolute Gasteiger partial charge is 0.247 e. The van der Waals surface area contributed by atoms with Crippen LogP contribution in [0, 0.1) is 0 Å². The number of rotatable bonds is 5. The number of amides is 1. The van der Waals surface area contributed by atoms with E-state index in [9.17, 15) is 4.79 Å². The number of nitrogens with zero attached hydrogens (tertiary/aromatic N) is 4. The first-order valence-electron chi connectivity index (χ1n) is 8.55. The molecule has 132 valence electrons. The van der Waals surface area contributed by atoms with Crippen molar-refractivity contribution in [3.63, 3.8) is 0 Å². The third kappa shape index (κ3) is 3.23. The normalized spacial score (nSPS) is 13.5. The standard InChI is InChI=1S/C20H20N4O2/c1-23(2)12-14-7-9-15(10-8-14)20-21-18(26-22-20)13-24-17-6-4-3-5-16(17)11-19(24)25/h3-10H,11-13H2,1-2H3. The van der Waals surface area contributed by atoms with Gasteiger partial charge in [0.2, 0.25) is 17.6 Å². The van der Waals surface area contributed by atoms with Crippen LogP contribution in [0.5, 0.6) is 0 Å². The van der Waals surface area contributed by atoms with Crippen LogP contribution in [-0.2, 0) is 24.3 Å². The molecule has 2 aromatic carbocycles. The average molecular weight is 348 g/mol. The van der Waals surface area contributed by atoms with E-state index in [1.807, 2.05) is 50.5 Å². The van der Waals surface area contributed by atoms with E-state index in [1.165, 1.54) is 5.56 Å². The molecular formula is C20H20N4O2. The molecule has 0 atom stereocenters. The van der Waals surface area contributed by atoms with E-state index in [2.05, 4.69) is 27.2 Å². The van der Waals surface area contributed by atoms with Crippen molar-refractivity contribution in [2.24, 2.45) is 0 Å². The van der Waals surface area contributed by atoms with Gasteiger partial charge in [-0.2, -0.15) is 4.98 Å². The number of hydrogen-bond donors (Lipinski definition) is 0. The highest BCUT2D eigenvalue weighted by Gasteiger charge is 2.28. The summed E-state index contributed by atoms with van der Waals surface area (Å²) in [6.45, 7) is 1.18. The lowest BCUT2D eigenvalue weighted by Gasteiger charge is -2.14. The molecule has 0 spiro atoms. The molecule has 4 rings (SSSR count). The highest BCUT2D eigenvalue weighted by Crippen LogP contribution is 2.29. The molecule has 0 saturated heterocycles. The first kappa shape index (κ1) is 16.5. The Kier molecular flexibility index (Phi) is 4.26. The van der Waals surface area contributed by atoms with Crippen molar-refractivity contribution < 1.29 is 9.32 Å². The van der Waals surface area contributed by atoms with Gasteiger partial charge in [-0.15, -0.1) is 0 Å². The maximum Gasteiger partial charge on any atom is 0.247 e. The van der Waals surface area contributed by atoms with Gasteiger partial charge in [0.15, 0.2) is 0 Å². The zero-order valence-corrected chi connectivity index (χ0v) is 14.8. The number of benzene rings is 2. The molecule has 1 amide bonds. The molecule has 3 aromatic rings. The number of hydrogen-bond acceptors (Lipinski definition) is 5. The predicted molar refractivity (Wildman–Crippen MR) is 98.5 cm³/mol. The van der Waals surface area contributed by atoms with Crippen molar-refractivity contribution in [2.75, 3.05) is 19.0 Å². The summed E-state index contributed by atoms with van der Waals surface area (Å²) in [4.78, 5) is 20.5. The minimum Gasteiger partial charge on any atom is -0.337 e. The number of anilines is 1. The van der Waals surface area contributed by atoms with E-state index in [1.54, 1.807) is 4.90 Å². The Hall–Kier alpha value is -2.99. The third-order valence-electron chi connectivity index (χ3n) is 4.40. The minimum absolute atomic E-state index is 0.0546. The molecule has 0 unspecified atom stereocenters. The van der Waals surface area contributed by atoms with Crippen molar-refractivity contribution >= 4 is 11.6 Å². The molecule has 0 radical (unpaired) electrons. The van der Waals surface area contributed by atoms with Gasteiger partial charge in [-0.3, -0.25) is 4.79 Å². The van der Waals surface area contributed by atoms with Crippen LogP contribution < -0.4 is 4.90 Å². The average Bonchev–Trinajstić information content (AvgIpc) is 3.21. The molecule has 0 aliphatic carbocycles. The summed E-state index contributed by atoms with van der Waals surface area (Å²) in [7, 11) is 4.08. The fraction of sp³-hybridized carbons (Fsp3) is 0.250. The van der Waals surface area contributed by atoms with Crippen molar-refractivity contribution in [3.05, 3.63) is 65.5 Å². The van der Waals surface area contributed by atoms with Crippen LogP contribution >= 0.6 is 0 Å². The van der Waals surface area contributed by atoms with Crippen LogP contribution in [0.2, 0.25) is 0 Å². The van der Waals surface area contributed by atoms with E-state index >= 15 is 0 Å². The van der Waals surface area contributed by atoms with Crippen LogP contribution in [-0.4, -0.2) is 35.0 Å². The van der Waals surface area contributed by atoms with Crippen LogP contribution in [0.25, 0.3) is 11.4 Å². The second kappa shape index (κ2) is 6.72. The molecule has 0 fully saturated rings. The summed E-state index contributed by atoms with van der Waals surface area (Å²) >= 11 is 0. The zero-order chi connectivity index (χ0) is 18.1. The van der Waals surface area contributed by atoms with Crippen molar-refractivity contribution in [2.45, 2.75) is 19.5 Å². The monoisotopic (exact) mass is 348 g/mol. The maximum absolute atomic E-state index is 12.3. The molecule has 1 aromatic heterocycles. The SMILES string of the molecule is CN(C)Cc1ccc(-c2noc(CN3C(=O)Cc4ccccc43)n2)cc1. The van der Waals surface area contributed by atoms with Crippen LogP contribution in [0.15, 0.2) is 53.1 Å². The topological polar surface area (TPSA) is 62.5 Å². The van der Waals surface area contributed by atoms with Gasteiger partial charge >= 0.3 is 0 Å². The maximum atomic E-state index is 12.3. The summed E-state index contributed by atoms with van der Waals surface area (Å²) in [5, 5.41) is 4.07. The molecule has 1 aliphatic heterocycles. The van der Waals surface area contributed by atoms with Crippen molar-refractivity contribution in [1.29, 1.82) is 0 Å². The Balaban J connectivity index is 1.51. The summed E-state index contributed by atoms with van der Waals surface area (Å²) in [6, 6.07) is 15.9. The molecular weight excluding hydrogens is 328 g/mol. The minimum atomic E-state index is 0.0546. The number of carbonyl (C=O) groups is 1. The van der Waals surface area contributed by atoms with Crippen LogP contribution in [0.1, 0.15) is 17.0 Å². The number of fused-ring (bicyclic) bond motifs is 1. The lowest BCUT2D eigenvalue weighted by atomic mass is 10.1. The number of aromatic nitrogens is 2. The van der Waals surface area contributed by atoms with Crippen LogP contribution in [0.3, 0.4) is 0 Å². The molecule has 0 saturated carbocycles. The fourth-order valence-electron chi connectivity index (χ4n) is 3.19. The highest BCUT2D eigenvalue weighted by atomic mass is 16.5. The summed E-state index contributed by atoms with van der Waals surface area (Å²) in [5.41, 5.74) is 4.08. The summed E-state index contributed by atoms with van der Waals surface area (Å²) < 4.78 is 5.38. The molecule has 2 heterocycles. The van der Waals surface area contributed by atoms with Gasteiger partial charge in [0.05, 0.1) is 6.42 Å². The van der Waals surface area contributed by atoms with Gasteiger partial charge in [0.1, 0.15) is 6.54 Å². The Morgan fingerprint density at radius 3 is 2.65 bits per heavy atom. The fourth-order valence-corrected chi connectivity index (χ4v) is 3.19. The molecule has 0 bridgehead atoms. The molecule has 0 N–H and O–H groups in total. The Bertz CT molecular complexity index is 931. The van der Waals surface area contributed by atoms with Crippen LogP contribution in [0.4, 0.5) is 5.69 Å². The zero-order valence-electron chi connectivity index (χ0n) is 14.8. The van der Waals surface area contributed by atoms with Gasteiger partial charge in [0.25, 0.3) is 0 Å². The van der Waals surface area contributed by atoms with Crippen molar-refractivity contribution in [3.8, 4) is 11.4 Å². The first-order valence-corrected chi connectivity index (χ1v) is 8.55. The Morgan fingerprint density at radius 1 is 1.12 bits per heavy atom. The van der Waals surface area contributed by atoms with E-state index in [4.69, 9.17) is 4.52 Å². The lowest BCUT2D eigenvalue weighted by Crippen LogP contribution is -2.26. The lowest BCUT2D eigenvalue weighted by molar-refractivity contribution is -0.117.